The van der Waals surface area contributed by atoms with Crippen LogP contribution in [0.5, 0.6) is 0 Å². The molecule has 0 heterocycles. The van der Waals surface area contributed by atoms with Crippen molar-refractivity contribution in [1.82, 2.24) is 0 Å². The van der Waals surface area contributed by atoms with Crippen LogP contribution in [0.2, 0.25) is 0 Å². The lowest BCUT2D eigenvalue weighted by Gasteiger charge is -2.06. The van der Waals surface area contributed by atoms with E-state index < -0.39 is 0 Å². The Morgan fingerprint density at radius 1 is 0.833 bits per heavy atom. The van der Waals surface area contributed by atoms with Crippen LogP contribution in [0.15, 0.2) is 48.5 Å². The zero-order chi connectivity index (χ0) is 12.8. The van der Waals surface area contributed by atoms with Gasteiger partial charge in [-0.15, -0.1) is 0 Å². The summed E-state index contributed by atoms with van der Waals surface area (Å²) in [6.45, 7) is 4.40. The van der Waals surface area contributed by atoms with Gasteiger partial charge < -0.3 is 0 Å². The van der Waals surface area contributed by atoms with E-state index in [1.807, 2.05) is 0 Å². The zero-order valence-electron chi connectivity index (χ0n) is 11.4. The summed E-state index contributed by atoms with van der Waals surface area (Å²) in [5, 5.41) is 0. The molecule has 0 saturated carbocycles. The van der Waals surface area contributed by atoms with Crippen LogP contribution in [0, 0.1) is 6.92 Å². The minimum absolute atomic E-state index is 1.04. The first-order valence-electron chi connectivity index (χ1n) is 6.91. The van der Waals surface area contributed by atoms with Crippen molar-refractivity contribution in [1.29, 1.82) is 0 Å². The molecule has 0 aliphatic carbocycles. The third kappa shape index (κ3) is 3.73. The van der Waals surface area contributed by atoms with Gasteiger partial charge in [0.25, 0.3) is 0 Å². The fraction of sp³-hybridized carbons (Fsp3) is 0.333. The summed E-state index contributed by atoms with van der Waals surface area (Å²) >= 11 is 0. The Labute approximate surface area is 111 Å². The second-order valence-corrected chi connectivity index (χ2v) is 5.09. The van der Waals surface area contributed by atoms with Gasteiger partial charge in [0.05, 0.1) is 0 Å². The molecule has 0 nitrogen and oxygen atoms in total. The molecule has 0 bridgehead atoms. The lowest BCUT2D eigenvalue weighted by molar-refractivity contribution is 0.794. The lowest BCUT2D eigenvalue weighted by Crippen LogP contribution is -1.91. The third-order valence-electron chi connectivity index (χ3n) is 3.30. The van der Waals surface area contributed by atoms with E-state index in [4.69, 9.17) is 0 Å². The first-order valence-corrected chi connectivity index (χ1v) is 6.91. The molecule has 0 atom stereocenters. The van der Waals surface area contributed by atoms with Gasteiger partial charge >= 0.3 is 0 Å². The van der Waals surface area contributed by atoms with Crippen molar-refractivity contribution in [2.75, 3.05) is 0 Å². The Morgan fingerprint density at radius 3 is 2.22 bits per heavy atom. The SMILES string of the molecule is CCCCc1cccc(Cc2cccc(C)c2)c1. The molecule has 2 rings (SSSR count). The van der Waals surface area contributed by atoms with Crippen molar-refractivity contribution in [3.8, 4) is 0 Å². The van der Waals surface area contributed by atoms with E-state index in [1.54, 1.807) is 0 Å². The minimum Gasteiger partial charge on any atom is -0.0654 e. The Bertz CT molecular complexity index is 497. The molecule has 0 heteroatoms. The molecule has 0 aliphatic rings. The fourth-order valence-electron chi connectivity index (χ4n) is 2.33. The minimum atomic E-state index is 1.04. The van der Waals surface area contributed by atoms with Gasteiger partial charge in [-0.1, -0.05) is 67.4 Å². The smallest absolute Gasteiger partial charge is 0.00256 e. The maximum atomic E-state index is 2.36. The van der Waals surface area contributed by atoms with Gasteiger partial charge in [0.2, 0.25) is 0 Å². The van der Waals surface area contributed by atoms with Gasteiger partial charge in [0, 0.05) is 0 Å². The summed E-state index contributed by atoms with van der Waals surface area (Å²) in [5.41, 5.74) is 5.65. The summed E-state index contributed by atoms with van der Waals surface area (Å²) in [4.78, 5) is 0. The largest absolute Gasteiger partial charge is 0.0654 e. The summed E-state index contributed by atoms with van der Waals surface area (Å²) in [5.74, 6) is 0. The predicted octanol–water partition coefficient (Wildman–Crippen LogP) is 4.93. The van der Waals surface area contributed by atoms with Crippen LogP contribution in [0.25, 0.3) is 0 Å². The quantitative estimate of drug-likeness (QED) is 0.693. The Morgan fingerprint density at radius 2 is 1.50 bits per heavy atom. The van der Waals surface area contributed by atoms with Crippen molar-refractivity contribution in [2.45, 2.75) is 39.5 Å². The van der Waals surface area contributed by atoms with Gasteiger partial charge in [-0.3, -0.25) is 0 Å². The van der Waals surface area contributed by atoms with Crippen LogP contribution in [0.3, 0.4) is 0 Å². The molecule has 0 N–H and O–H groups in total. The number of benzene rings is 2. The molecule has 0 amide bonds. The average Bonchev–Trinajstić information content (AvgIpc) is 2.37. The van der Waals surface area contributed by atoms with E-state index in [1.165, 1.54) is 41.5 Å². The molecular formula is C18H22. The summed E-state index contributed by atoms with van der Waals surface area (Å²) in [7, 11) is 0. The molecule has 0 saturated heterocycles. The van der Waals surface area contributed by atoms with E-state index >= 15 is 0 Å². The van der Waals surface area contributed by atoms with E-state index in [2.05, 4.69) is 62.4 Å². The third-order valence-corrected chi connectivity index (χ3v) is 3.30. The van der Waals surface area contributed by atoms with E-state index in [0.29, 0.717) is 0 Å². The van der Waals surface area contributed by atoms with Crippen molar-refractivity contribution in [3.05, 3.63) is 70.8 Å². The Kier molecular flexibility index (Phi) is 4.58. The van der Waals surface area contributed by atoms with E-state index in [9.17, 15) is 0 Å². The van der Waals surface area contributed by atoms with Gasteiger partial charge in [0.1, 0.15) is 0 Å². The van der Waals surface area contributed by atoms with Crippen LogP contribution >= 0.6 is 0 Å². The molecule has 0 aromatic heterocycles. The van der Waals surface area contributed by atoms with E-state index in [-0.39, 0.29) is 0 Å². The highest BCUT2D eigenvalue weighted by Gasteiger charge is 1.99. The molecule has 2 aromatic rings. The molecule has 0 unspecified atom stereocenters. The monoisotopic (exact) mass is 238 g/mol. The number of unbranched alkanes of at least 4 members (excludes halogenated alkanes) is 1. The van der Waals surface area contributed by atoms with Crippen LogP contribution in [0.4, 0.5) is 0 Å². The normalized spacial score (nSPS) is 10.6. The Hall–Kier alpha value is -1.56. The topological polar surface area (TPSA) is 0 Å². The zero-order valence-corrected chi connectivity index (χ0v) is 11.4. The summed E-state index contributed by atoms with van der Waals surface area (Å²) in [6.07, 6.45) is 4.80. The van der Waals surface area contributed by atoms with Gasteiger partial charge in [0.15, 0.2) is 0 Å². The van der Waals surface area contributed by atoms with E-state index in [0.717, 1.165) is 6.42 Å². The molecule has 94 valence electrons. The number of hydrogen-bond donors (Lipinski definition) is 0. The average molecular weight is 238 g/mol. The van der Waals surface area contributed by atoms with Crippen LogP contribution in [-0.2, 0) is 12.8 Å². The maximum Gasteiger partial charge on any atom is -0.00256 e. The number of aryl methyl sites for hydroxylation is 2. The summed E-state index contributed by atoms with van der Waals surface area (Å²) in [6, 6.07) is 17.8. The lowest BCUT2D eigenvalue weighted by atomic mass is 10.00. The first-order chi connectivity index (χ1) is 8.78. The van der Waals surface area contributed by atoms with Gasteiger partial charge in [-0.2, -0.15) is 0 Å². The molecule has 18 heavy (non-hydrogen) atoms. The van der Waals surface area contributed by atoms with Gasteiger partial charge in [-0.05, 0) is 42.9 Å². The first kappa shape index (κ1) is 12.9. The van der Waals surface area contributed by atoms with Crippen molar-refractivity contribution >= 4 is 0 Å². The Balaban J connectivity index is 2.09. The molecular weight excluding hydrogens is 216 g/mol. The molecule has 0 radical (unpaired) electrons. The van der Waals surface area contributed by atoms with Crippen molar-refractivity contribution in [3.63, 3.8) is 0 Å². The van der Waals surface area contributed by atoms with Crippen LogP contribution in [-0.4, -0.2) is 0 Å². The number of rotatable bonds is 5. The highest BCUT2D eigenvalue weighted by Crippen LogP contribution is 2.14. The second kappa shape index (κ2) is 6.39. The molecule has 0 fully saturated rings. The molecule has 0 spiro atoms. The summed E-state index contributed by atoms with van der Waals surface area (Å²) < 4.78 is 0. The van der Waals surface area contributed by atoms with Crippen molar-refractivity contribution < 1.29 is 0 Å². The maximum absolute atomic E-state index is 2.36. The second-order valence-electron chi connectivity index (χ2n) is 5.09. The highest BCUT2D eigenvalue weighted by atomic mass is 14.0. The van der Waals surface area contributed by atoms with Crippen molar-refractivity contribution in [2.24, 2.45) is 0 Å². The predicted molar refractivity (Wildman–Crippen MR) is 79.0 cm³/mol. The molecule has 2 aromatic carbocycles. The standard InChI is InChI=1S/C18H22/c1-3-4-8-16-9-6-11-18(13-16)14-17-10-5-7-15(2)12-17/h5-7,9-13H,3-4,8,14H2,1-2H3. The highest BCUT2D eigenvalue weighted by molar-refractivity contribution is 5.31. The van der Waals surface area contributed by atoms with Crippen LogP contribution < -0.4 is 0 Å². The van der Waals surface area contributed by atoms with Crippen LogP contribution in [0.1, 0.15) is 42.0 Å². The molecule has 0 aliphatic heterocycles. The van der Waals surface area contributed by atoms with Gasteiger partial charge in [-0.25, -0.2) is 0 Å². The number of hydrogen-bond acceptors (Lipinski definition) is 0. The fourth-order valence-corrected chi connectivity index (χ4v) is 2.33.